The topological polar surface area (TPSA) is 92.7 Å². The quantitative estimate of drug-likeness (QED) is 0.514. The highest BCUT2D eigenvalue weighted by Crippen LogP contribution is 2.24. The number of aromatic nitrogens is 4. The van der Waals surface area contributed by atoms with Crippen LogP contribution >= 0.6 is 0 Å². The molecule has 0 atom stereocenters. The smallest absolute Gasteiger partial charge is 0.257 e. The highest BCUT2D eigenvalue weighted by atomic mass is 16.1. The lowest BCUT2D eigenvalue weighted by molar-refractivity contribution is 0.102. The molecule has 4 aromatic rings. The number of carbonyl (C=O) groups is 1. The van der Waals surface area contributed by atoms with E-state index in [2.05, 4.69) is 30.6 Å². The van der Waals surface area contributed by atoms with Gasteiger partial charge in [0, 0.05) is 47.4 Å². The molecule has 4 rings (SSSR count). The molecule has 148 valence electrons. The van der Waals surface area contributed by atoms with Gasteiger partial charge >= 0.3 is 0 Å². The van der Waals surface area contributed by atoms with Crippen LogP contribution in [0, 0.1) is 13.8 Å². The maximum atomic E-state index is 12.6. The lowest BCUT2D eigenvalue weighted by Crippen LogP contribution is -2.14. The number of amides is 1. The maximum absolute atomic E-state index is 12.6. The van der Waals surface area contributed by atoms with Gasteiger partial charge < -0.3 is 10.6 Å². The molecule has 0 radical (unpaired) electrons. The molecule has 0 saturated carbocycles. The van der Waals surface area contributed by atoms with E-state index in [4.69, 9.17) is 0 Å². The van der Waals surface area contributed by atoms with Crippen molar-refractivity contribution in [2.24, 2.45) is 0 Å². The number of anilines is 3. The summed E-state index contributed by atoms with van der Waals surface area (Å²) in [6, 6.07) is 14.8. The van der Waals surface area contributed by atoms with Gasteiger partial charge in [-0.15, -0.1) is 0 Å². The van der Waals surface area contributed by atoms with Crippen molar-refractivity contribution in [2.75, 3.05) is 10.6 Å². The normalized spacial score (nSPS) is 10.5. The lowest BCUT2D eigenvalue weighted by atomic mass is 10.1. The summed E-state index contributed by atoms with van der Waals surface area (Å²) >= 11 is 0. The van der Waals surface area contributed by atoms with E-state index in [9.17, 15) is 4.79 Å². The van der Waals surface area contributed by atoms with E-state index in [0.29, 0.717) is 22.9 Å². The molecule has 0 aliphatic heterocycles. The second kappa shape index (κ2) is 8.48. The zero-order valence-electron chi connectivity index (χ0n) is 16.6. The van der Waals surface area contributed by atoms with Crippen LogP contribution in [0.5, 0.6) is 0 Å². The number of hydrogen-bond acceptors (Lipinski definition) is 6. The average molecular weight is 396 g/mol. The van der Waals surface area contributed by atoms with Crippen molar-refractivity contribution in [3.05, 3.63) is 90.1 Å². The Morgan fingerprint density at radius 2 is 1.80 bits per heavy atom. The average Bonchev–Trinajstić information content (AvgIpc) is 2.77. The summed E-state index contributed by atoms with van der Waals surface area (Å²) in [4.78, 5) is 29.8. The first kappa shape index (κ1) is 19.2. The zero-order chi connectivity index (χ0) is 20.9. The predicted octanol–water partition coefficient (Wildman–Crippen LogP) is 4.55. The fourth-order valence-corrected chi connectivity index (χ4v) is 2.97. The van der Waals surface area contributed by atoms with E-state index in [1.165, 1.54) is 0 Å². The second-order valence-corrected chi connectivity index (χ2v) is 6.75. The first-order valence-electron chi connectivity index (χ1n) is 9.44. The van der Waals surface area contributed by atoms with Gasteiger partial charge in [0.05, 0.1) is 11.3 Å². The molecule has 1 amide bonds. The Morgan fingerprint density at radius 3 is 2.60 bits per heavy atom. The molecule has 0 aliphatic carbocycles. The molecule has 7 heteroatoms. The minimum Gasteiger partial charge on any atom is -0.324 e. The first-order valence-corrected chi connectivity index (χ1v) is 9.44. The Balaban J connectivity index is 1.56. The van der Waals surface area contributed by atoms with Gasteiger partial charge in [-0.2, -0.15) is 0 Å². The standard InChI is InChI=1S/C23H20N6O/c1-15-7-8-18(27-22(30)19-6-4-11-25-16(19)2)13-21(15)29-23-26-12-9-20(28-23)17-5-3-10-24-14-17/h3-14H,1-2H3,(H,27,30)(H,26,28,29). The fourth-order valence-electron chi connectivity index (χ4n) is 2.97. The third-order valence-electron chi connectivity index (χ3n) is 4.61. The minimum atomic E-state index is -0.203. The third kappa shape index (κ3) is 4.30. The Kier molecular flexibility index (Phi) is 5.43. The van der Waals surface area contributed by atoms with E-state index < -0.39 is 0 Å². The lowest BCUT2D eigenvalue weighted by Gasteiger charge is -2.12. The van der Waals surface area contributed by atoms with Gasteiger partial charge in [0.2, 0.25) is 5.95 Å². The molecule has 7 nitrogen and oxygen atoms in total. The van der Waals surface area contributed by atoms with Gasteiger partial charge in [0.15, 0.2) is 0 Å². The molecule has 0 bridgehead atoms. The molecule has 2 N–H and O–H groups in total. The van der Waals surface area contributed by atoms with Gasteiger partial charge in [0.1, 0.15) is 0 Å². The monoisotopic (exact) mass is 396 g/mol. The van der Waals surface area contributed by atoms with E-state index in [-0.39, 0.29) is 5.91 Å². The zero-order valence-corrected chi connectivity index (χ0v) is 16.6. The van der Waals surface area contributed by atoms with Crippen LogP contribution in [0.3, 0.4) is 0 Å². The number of aryl methyl sites for hydroxylation is 2. The molecule has 0 spiro atoms. The van der Waals surface area contributed by atoms with Crippen molar-refractivity contribution in [1.29, 1.82) is 0 Å². The third-order valence-corrected chi connectivity index (χ3v) is 4.61. The number of rotatable bonds is 5. The van der Waals surface area contributed by atoms with Crippen LogP contribution in [-0.4, -0.2) is 25.8 Å². The van der Waals surface area contributed by atoms with Crippen molar-refractivity contribution in [1.82, 2.24) is 19.9 Å². The number of carbonyl (C=O) groups excluding carboxylic acids is 1. The Labute approximate surface area is 174 Å². The van der Waals surface area contributed by atoms with Crippen LogP contribution in [0.1, 0.15) is 21.6 Å². The van der Waals surface area contributed by atoms with E-state index in [0.717, 1.165) is 22.5 Å². The highest BCUT2D eigenvalue weighted by molar-refractivity contribution is 6.05. The minimum absolute atomic E-state index is 0.203. The summed E-state index contributed by atoms with van der Waals surface area (Å²) in [5.74, 6) is 0.260. The van der Waals surface area contributed by atoms with Gasteiger partial charge in [0.25, 0.3) is 5.91 Å². The summed E-state index contributed by atoms with van der Waals surface area (Å²) in [6.07, 6.45) is 6.84. The van der Waals surface area contributed by atoms with Crippen LogP contribution in [0.4, 0.5) is 17.3 Å². The second-order valence-electron chi connectivity index (χ2n) is 6.75. The Morgan fingerprint density at radius 1 is 0.933 bits per heavy atom. The molecule has 0 aliphatic rings. The van der Waals surface area contributed by atoms with E-state index in [1.807, 2.05) is 50.2 Å². The summed E-state index contributed by atoms with van der Waals surface area (Å²) in [5, 5.41) is 6.16. The molecule has 3 heterocycles. The molecular weight excluding hydrogens is 376 g/mol. The number of hydrogen-bond donors (Lipinski definition) is 2. The van der Waals surface area contributed by atoms with E-state index >= 15 is 0 Å². The van der Waals surface area contributed by atoms with Crippen LogP contribution in [0.15, 0.2) is 73.3 Å². The molecule has 0 unspecified atom stereocenters. The van der Waals surface area contributed by atoms with Crippen molar-refractivity contribution in [3.63, 3.8) is 0 Å². The van der Waals surface area contributed by atoms with Crippen molar-refractivity contribution >= 4 is 23.2 Å². The van der Waals surface area contributed by atoms with Gasteiger partial charge in [-0.05, 0) is 61.9 Å². The Bertz CT molecular complexity index is 1190. The summed E-state index contributed by atoms with van der Waals surface area (Å²) < 4.78 is 0. The number of nitrogens with one attached hydrogen (secondary N) is 2. The molecule has 30 heavy (non-hydrogen) atoms. The number of benzene rings is 1. The van der Waals surface area contributed by atoms with Crippen molar-refractivity contribution < 1.29 is 4.79 Å². The van der Waals surface area contributed by atoms with Crippen LogP contribution in [-0.2, 0) is 0 Å². The number of nitrogens with zero attached hydrogens (tertiary/aromatic N) is 4. The largest absolute Gasteiger partial charge is 0.324 e. The molecule has 0 saturated heterocycles. The molecule has 3 aromatic heterocycles. The van der Waals surface area contributed by atoms with Crippen molar-refractivity contribution in [3.8, 4) is 11.3 Å². The summed E-state index contributed by atoms with van der Waals surface area (Å²) in [6.45, 7) is 3.79. The number of pyridine rings is 2. The Hall–Kier alpha value is -4.13. The summed E-state index contributed by atoms with van der Waals surface area (Å²) in [5.41, 5.74) is 5.38. The highest BCUT2D eigenvalue weighted by Gasteiger charge is 2.11. The van der Waals surface area contributed by atoms with E-state index in [1.54, 1.807) is 36.9 Å². The predicted molar refractivity (Wildman–Crippen MR) is 117 cm³/mol. The van der Waals surface area contributed by atoms with Gasteiger partial charge in [-0.25, -0.2) is 9.97 Å². The maximum Gasteiger partial charge on any atom is 0.257 e. The van der Waals surface area contributed by atoms with Crippen LogP contribution in [0.2, 0.25) is 0 Å². The van der Waals surface area contributed by atoms with Crippen LogP contribution in [0.25, 0.3) is 11.3 Å². The van der Waals surface area contributed by atoms with Crippen LogP contribution < -0.4 is 10.6 Å². The van der Waals surface area contributed by atoms with Gasteiger partial charge in [-0.3, -0.25) is 14.8 Å². The SMILES string of the molecule is Cc1ccc(NC(=O)c2cccnc2C)cc1Nc1nccc(-c2cccnc2)n1. The fraction of sp³-hybridized carbons (Fsp3) is 0.0870. The molecule has 0 fully saturated rings. The molecular formula is C23H20N6O. The summed E-state index contributed by atoms with van der Waals surface area (Å²) in [7, 11) is 0. The van der Waals surface area contributed by atoms with Gasteiger partial charge in [-0.1, -0.05) is 6.07 Å². The first-order chi connectivity index (χ1) is 14.6. The van der Waals surface area contributed by atoms with Crippen molar-refractivity contribution in [2.45, 2.75) is 13.8 Å². The molecule has 1 aromatic carbocycles.